The van der Waals surface area contributed by atoms with Crippen molar-refractivity contribution in [3.63, 3.8) is 0 Å². The molecule has 1 aromatic rings. The first kappa shape index (κ1) is 13.0. The van der Waals surface area contributed by atoms with Gasteiger partial charge in [-0.1, -0.05) is 6.42 Å². The van der Waals surface area contributed by atoms with Crippen molar-refractivity contribution in [3.8, 4) is 0 Å². The number of hydrogen-bond acceptors (Lipinski definition) is 2. The Morgan fingerprint density at radius 1 is 1.50 bits per heavy atom. The number of hydrogen-bond donors (Lipinski definition) is 1. The van der Waals surface area contributed by atoms with E-state index in [1.54, 1.807) is 26.1 Å². The number of carbonyl (C=O) groups excluding carboxylic acids is 1. The second-order valence-corrected chi connectivity index (χ2v) is 5.09. The van der Waals surface area contributed by atoms with Crippen LogP contribution in [0, 0.1) is 18.2 Å². The topological polar surface area (TPSA) is 40.5 Å². The molecule has 4 heteroatoms. The van der Waals surface area contributed by atoms with Crippen LogP contribution in [0.15, 0.2) is 18.2 Å². The number of nitrogens with zero attached hydrogens (tertiary/aromatic N) is 1. The Morgan fingerprint density at radius 3 is 2.61 bits per heavy atom. The highest BCUT2D eigenvalue weighted by atomic mass is 19.1. The van der Waals surface area contributed by atoms with Gasteiger partial charge in [-0.25, -0.2) is 4.39 Å². The first-order chi connectivity index (χ1) is 8.50. The van der Waals surface area contributed by atoms with Gasteiger partial charge in [-0.2, -0.15) is 0 Å². The van der Waals surface area contributed by atoms with Gasteiger partial charge in [0.1, 0.15) is 5.82 Å². The van der Waals surface area contributed by atoms with Gasteiger partial charge in [0.2, 0.25) is 5.91 Å². The molecule has 1 aromatic carbocycles. The Kier molecular flexibility index (Phi) is 3.39. The molecule has 1 saturated carbocycles. The van der Waals surface area contributed by atoms with Gasteiger partial charge in [-0.15, -0.1) is 0 Å². The zero-order valence-electron chi connectivity index (χ0n) is 10.7. The van der Waals surface area contributed by atoms with Gasteiger partial charge in [0.05, 0.1) is 12.0 Å². The fourth-order valence-corrected chi connectivity index (χ4v) is 2.35. The Labute approximate surface area is 106 Å². The Balaban J connectivity index is 2.22. The third-order valence-corrected chi connectivity index (χ3v) is 3.90. The molecule has 3 nitrogen and oxygen atoms in total. The monoisotopic (exact) mass is 251 g/mol. The van der Waals surface area contributed by atoms with E-state index in [-0.39, 0.29) is 18.3 Å². The fraction of sp³-hybridized carbons (Fsp3) is 0.500. The molecule has 0 bridgehead atoms. The summed E-state index contributed by atoms with van der Waals surface area (Å²) in [4.78, 5) is 13.9. The third-order valence-electron chi connectivity index (χ3n) is 3.90. The van der Waals surface area contributed by atoms with Crippen molar-refractivity contribution in [1.29, 1.82) is 0 Å². The Bertz CT molecular complexity index is 463. The third kappa shape index (κ3) is 2.01. The fourth-order valence-electron chi connectivity index (χ4n) is 2.35. The summed E-state index contributed by atoms with van der Waals surface area (Å²) in [5, 5.41) is 9.39. The highest BCUT2D eigenvalue weighted by Crippen LogP contribution is 2.42. The van der Waals surface area contributed by atoms with Crippen molar-refractivity contribution in [1.82, 2.24) is 0 Å². The number of amides is 1. The summed E-state index contributed by atoms with van der Waals surface area (Å²) in [5.41, 5.74) is 0.564. The van der Waals surface area contributed by atoms with Crippen LogP contribution in [0.25, 0.3) is 0 Å². The second kappa shape index (κ2) is 4.69. The summed E-state index contributed by atoms with van der Waals surface area (Å²) in [6, 6.07) is 4.60. The maximum atomic E-state index is 13.2. The quantitative estimate of drug-likeness (QED) is 0.895. The molecule has 0 aliphatic heterocycles. The van der Waals surface area contributed by atoms with Crippen LogP contribution in [0.3, 0.4) is 0 Å². The van der Waals surface area contributed by atoms with Crippen LogP contribution in [-0.2, 0) is 4.79 Å². The number of aliphatic hydroxyl groups excluding tert-OH is 1. The van der Waals surface area contributed by atoms with Crippen molar-refractivity contribution in [2.45, 2.75) is 26.2 Å². The van der Waals surface area contributed by atoms with Crippen LogP contribution in [0.1, 0.15) is 24.8 Å². The van der Waals surface area contributed by atoms with Gasteiger partial charge in [-0.3, -0.25) is 4.79 Å². The predicted molar refractivity (Wildman–Crippen MR) is 67.9 cm³/mol. The number of rotatable bonds is 3. The number of aliphatic hydroxyl groups is 1. The molecule has 98 valence electrons. The smallest absolute Gasteiger partial charge is 0.235 e. The van der Waals surface area contributed by atoms with E-state index in [4.69, 9.17) is 0 Å². The highest BCUT2D eigenvalue weighted by Gasteiger charge is 2.45. The number of aryl methyl sites for hydroxylation is 1. The molecular formula is C14H18FNO2. The number of benzene rings is 1. The van der Waals surface area contributed by atoms with E-state index < -0.39 is 5.41 Å². The summed E-state index contributed by atoms with van der Waals surface area (Å²) in [6.07, 6.45) is 2.43. The molecule has 18 heavy (non-hydrogen) atoms. The predicted octanol–water partition coefficient (Wildman–Crippen LogP) is 2.26. The largest absolute Gasteiger partial charge is 0.395 e. The number of anilines is 1. The van der Waals surface area contributed by atoms with Crippen molar-refractivity contribution < 1.29 is 14.3 Å². The van der Waals surface area contributed by atoms with Crippen molar-refractivity contribution in [2.24, 2.45) is 5.41 Å². The van der Waals surface area contributed by atoms with Gasteiger partial charge < -0.3 is 10.0 Å². The van der Waals surface area contributed by atoms with E-state index >= 15 is 0 Å². The average molecular weight is 251 g/mol. The molecule has 1 aliphatic rings. The minimum atomic E-state index is -0.614. The molecule has 0 spiro atoms. The van der Waals surface area contributed by atoms with Crippen LogP contribution in [0.2, 0.25) is 0 Å². The Hall–Kier alpha value is -1.42. The first-order valence-electron chi connectivity index (χ1n) is 6.15. The molecule has 0 saturated heterocycles. The molecule has 0 atom stereocenters. The lowest BCUT2D eigenvalue weighted by Gasteiger charge is -2.41. The first-order valence-corrected chi connectivity index (χ1v) is 6.15. The van der Waals surface area contributed by atoms with E-state index in [1.165, 1.54) is 11.0 Å². The van der Waals surface area contributed by atoms with Crippen LogP contribution in [-0.4, -0.2) is 24.7 Å². The number of carbonyl (C=O) groups is 1. The van der Waals surface area contributed by atoms with Crippen LogP contribution in [0.4, 0.5) is 10.1 Å². The van der Waals surface area contributed by atoms with Crippen LogP contribution < -0.4 is 4.90 Å². The lowest BCUT2D eigenvalue weighted by Crippen LogP contribution is -2.49. The van der Waals surface area contributed by atoms with E-state index in [0.29, 0.717) is 11.3 Å². The van der Waals surface area contributed by atoms with E-state index in [9.17, 15) is 14.3 Å². The van der Waals surface area contributed by atoms with Gasteiger partial charge in [0.25, 0.3) is 0 Å². The van der Waals surface area contributed by atoms with Crippen molar-refractivity contribution in [3.05, 3.63) is 29.6 Å². The lowest BCUT2D eigenvalue weighted by atomic mass is 9.68. The summed E-state index contributed by atoms with van der Waals surface area (Å²) in [7, 11) is 1.67. The summed E-state index contributed by atoms with van der Waals surface area (Å²) in [6.45, 7) is 1.55. The van der Waals surface area contributed by atoms with E-state index in [0.717, 1.165) is 19.3 Å². The zero-order valence-corrected chi connectivity index (χ0v) is 10.7. The molecule has 1 N–H and O–H groups in total. The molecule has 1 fully saturated rings. The highest BCUT2D eigenvalue weighted by molar-refractivity contribution is 5.97. The summed E-state index contributed by atoms with van der Waals surface area (Å²) in [5.74, 6) is -0.359. The average Bonchev–Trinajstić information content (AvgIpc) is 2.31. The lowest BCUT2D eigenvalue weighted by molar-refractivity contribution is -0.136. The maximum absolute atomic E-state index is 13.2. The normalized spacial score (nSPS) is 17.1. The van der Waals surface area contributed by atoms with Crippen LogP contribution >= 0.6 is 0 Å². The second-order valence-electron chi connectivity index (χ2n) is 5.09. The summed E-state index contributed by atoms with van der Waals surface area (Å²) >= 11 is 0. The van der Waals surface area contributed by atoms with Gasteiger partial charge in [0, 0.05) is 12.7 Å². The molecule has 2 rings (SSSR count). The maximum Gasteiger partial charge on any atom is 0.235 e. The van der Waals surface area contributed by atoms with E-state index in [2.05, 4.69) is 0 Å². The molecule has 0 unspecified atom stereocenters. The molecular weight excluding hydrogens is 233 g/mol. The van der Waals surface area contributed by atoms with Gasteiger partial charge in [0.15, 0.2) is 0 Å². The summed E-state index contributed by atoms with van der Waals surface area (Å²) < 4.78 is 13.2. The molecule has 1 amide bonds. The molecule has 1 aliphatic carbocycles. The molecule has 0 heterocycles. The van der Waals surface area contributed by atoms with E-state index in [1.807, 2.05) is 0 Å². The minimum Gasteiger partial charge on any atom is -0.395 e. The van der Waals surface area contributed by atoms with Gasteiger partial charge >= 0.3 is 0 Å². The van der Waals surface area contributed by atoms with Crippen molar-refractivity contribution in [2.75, 3.05) is 18.6 Å². The van der Waals surface area contributed by atoms with Gasteiger partial charge in [-0.05, 0) is 43.5 Å². The Morgan fingerprint density at radius 2 is 2.17 bits per heavy atom. The zero-order chi connectivity index (χ0) is 13.3. The van der Waals surface area contributed by atoms with Crippen molar-refractivity contribution >= 4 is 11.6 Å². The SMILES string of the molecule is Cc1cc(N(C)C(=O)C2(CO)CCC2)ccc1F. The number of halogens is 1. The minimum absolute atomic E-state index is 0.0812. The standard InChI is InChI=1S/C14H18FNO2/c1-10-8-11(4-5-12(10)15)16(2)13(18)14(9-17)6-3-7-14/h4-5,8,17H,3,6-7,9H2,1-2H3. The van der Waals surface area contributed by atoms with Crippen LogP contribution in [0.5, 0.6) is 0 Å². The molecule has 0 radical (unpaired) electrons. The molecule has 0 aromatic heterocycles.